The van der Waals surface area contributed by atoms with E-state index < -0.39 is 5.97 Å². The van der Waals surface area contributed by atoms with Crippen molar-refractivity contribution in [1.29, 1.82) is 0 Å². The number of amides is 1. The first kappa shape index (κ1) is 19.1. The summed E-state index contributed by atoms with van der Waals surface area (Å²) in [5.41, 5.74) is 3.13. The highest BCUT2D eigenvalue weighted by Crippen LogP contribution is 2.25. The summed E-state index contributed by atoms with van der Waals surface area (Å²) in [7, 11) is 0. The first-order valence-corrected chi connectivity index (χ1v) is 9.54. The molecule has 0 saturated heterocycles. The van der Waals surface area contributed by atoms with Crippen LogP contribution in [0.4, 0.5) is 5.69 Å². The van der Waals surface area contributed by atoms with Crippen LogP contribution in [0.25, 0.3) is 0 Å². The molecule has 0 radical (unpaired) electrons. The van der Waals surface area contributed by atoms with E-state index in [1.165, 1.54) is 6.42 Å². The van der Waals surface area contributed by atoms with Crippen LogP contribution in [0, 0.1) is 5.92 Å². The molecule has 0 heterocycles. The van der Waals surface area contributed by atoms with E-state index in [9.17, 15) is 9.59 Å². The van der Waals surface area contributed by atoms with E-state index in [0.717, 1.165) is 42.5 Å². The van der Waals surface area contributed by atoms with Crippen molar-refractivity contribution in [2.45, 2.75) is 45.2 Å². The summed E-state index contributed by atoms with van der Waals surface area (Å²) in [6, 6.07) is 14.8. The Morgan fingerprint density at radius 2 is 1.59 bits per heavy atom. The molecule has 1 aliphatic carbocycles. The maximum Gasteiger partial charge on any atom is 0.335 e. The third-order valence-corrected chi connectivity index (χ3v) is 5.00. The van der Waals surface area contributed by atoms with Crippen LogP contribution in [0.5, 0.6) is 0 Å². The molecular weight excluding hydrogens is 340 g/mol. The fraction of sp³-hybridized carbons (Fsp3) is 0.364. The number of nitrogens with one attached hydrogen (secondary N) is 2. The molecule has 27 heavy (non-hydrogen) atoms. The van der Waals surface area contributed by atoms with Gasteiger partial charge in [-0.1, -0.05) is 43.5 Å². The fourth-order valence-electron chi connectivity index (χ4n) is 3.53. The summed E-state index contributed by atoms with van der Waals surface area (Å²) in [5, 5.41) is 15.4. The number of hydrogen-bond donors (Lipinski definition) is 3. The lowest BCUT2D eigenvalue weighted by atomic mass is 9.88. The van der Waals surface area contributed by atoms with Crippen molar-refractivity contribution in [3.05, 3.63) is 65.2 Å². The van der Waals surface area contributed by atoms with E-state index >= 15 is 0 Å². The van der Waals surface area contributed by atoms with Gasteiger partial charge in [-0.05, 0) is 48.2 Å². The van der Waals surface area contributed by atoms with E-state index in [1.807, 2.05) is 30.3 Å². The van der Waals surface area contributed by atoms with Gasteiger partial charge in [0.1, 0.15) is 0 Å². The normalized spacial score (nSPS) is 14.7. The summed E-state index contributed by atoms with van der Waals surface area (Å²) in [6.07, 6.45) is 5.50. The van der Waals surface area contributed by atoms with Crippen LogP contribution in [-0.4, -0.2) is 17.0 Å². The topological polar surface area (TPSA) is 78.4 Å². The molecule has 0 atom stereocenters. The van der Waals surface area contributed by atoms with Gasteiger partial charge < -0.3 is 15.7 Å². The smallest absolute Gasteiger partial charge is 0.335 e. The summed E-state index contributed by atoms with van der Waals surface area (Å²) in [4.78, 5) is 23.4. The van der Waals surface area contributed by atoms with Crippen LogP contribution < -0.4 is 10.6 Å². The van der Waals surface area contributed by atoms with Crippen molar-refractivity contribution in [3.63, 3.8) is 0 Å². The largest absolute Gasteiger partial charge is 0.478 e. The second kappa shape index (κ2) is 9.33. The monoisotopic (exact) mass is 366 g/mol. The van der Waals surface area contributed by atoms with Crippen molar-refractivity contribution in [1.82, 2.24) is 5.32 Å². The Morgan fingerprint density at radius 1 is 0.926 bits per heavy atom. The highest BCUT2D eigenvalue weighted by atomic mass is 16.4. The van der Waals surface area contributed by atoms with Crippen molar-refractivity contribution in [3.8, 4) is 0 Å². The molecule has 0 aliphatic heterocycles. The lowest BCUT2D eigenvalue weighted by Gasteiger charge is -2.20. The average Bonchev–Trinajstić information content (AvgIpc) is 2.69. The highest BCUT2D eigenvalue weighted by Gasteiger charge is 2.20. The lowest BCUT2D eigenvalue weighted by Crippen LogP contribution is -2.24. The van der Waals surface area contributed by atoms with Crippen molar-refractivity contribution in [2.75, 3.05) is 5.32 Å². The maximum atomic E-state index is 12.4. The molecule has 3 rings (SSSR count). The van der Waals surface area contributed by atoms with Crippen LogP contribution in [-0.2, 0) is 17.9 Å². The Bertz CT molecular complexity index is 798. The Labute approximate surface area is 159 Å². The molecule has 3 N–H and O–H groups in total. The van der Waals surface area contributed by atoms with Crippen LogP contribution in [0.1, 0.15) is 53.6 Å². The van der Waals surface area contributed by atoms with E-state index in [-0.39, 0.29) is 11.8 Å². The van der Waals surface area contributed by atoms with E-state index in [4.69, 9.17) is 5.11 Å². The molecule has 1 saturated carbocycles. The summed E-state index contributed by atoms with van der Waals surface area (Å²) in [5.74, 6) is -0.648. The van der Waals surface area contributed by atoms with Crippen LogP contribution >= 0.6 is 0 Å². The van der Waals surface area contributed by atoms with E-state index in [1.54, 1.807) is 18.2 Å². The quantitative estimate of drug-likeness (QED) is 0.686. The maximum absolute atomic E-state index is 12.4. The summed E-state index contributed by atoms with van der Waals surface area (Å²) < 4.78 is 0. The van der Waals surface area contributed by atoms with E-state index in [2.05, 4.69) is 10.6 Å². The van der Waals surface area contributed by atoms with Gasteiger partial charge in [-0.25, -0.2) is 4.79 Å². The Balaban J connectivity index is 1.52. The standard InChI is InChI=1S/C22H26N2O3/c25-21(18-8-2-1-3-9-18)24-20-11-5-7-17(13-20)15-23-14-16-6-4-10-19(12-16)22(26)27/h4-7,10-13,18,23H,1-3,8-9,14-15H2,(H,24,25)(H,26,27). The Kier molecular flexibility index (Phi) is 6.60. The number of rotatable bonds is 7. The number of anilines is 1. The number of aromatic carboxylic acids is 1. The zero-order valence-corrected chi connectivity index (χ0v) is 15.4. The third-order valence-electron chi connectivity index (χ3n) is 5.00. The van der Waals surface area contributed by atoms with Crippen LogP contribution in [0.3, 0.4) is 0 Å². The van der Waals surface area contributed by atoms with Crippen molar-refractivity contribution < 1.29 is 14.7 Å². The zero-order valence-electron chi connectivity index (χ0n) is 15.4. The Hall–Kier alpha value is -2.66. The minimum absolute atomic E-state index is 0.130. The fourth-order valence-corrected chi connectivity index (χ4v) is 3.53. The molecule has 0 bridgehead atoms. The molecule has 0 aromatic heterocycles. The van der Waals surface area contributed by atoms with Gasteiger partial charge in [0, 0.05) is 24.7 Å². The molecule has 5 heteroatoms. The number of carboxylic acids is 1. The van der Waals surface area contributed by atoms with Gasteiger partial charge in [-0.15, -0.1) is 0 Å². The zero-order chi connectivity index (χ0) is 19.1. The molecule has 5 nitrogen and oxygen atoms in total. The van der Waals surface area contributed by atoms with Gasteiger partial charge in [0.25, 0.3) is 0 Å². The third kappa shape index (κ3) is 5.66. The summed E-state index contributed by atoms with van der Waals surface area (Å²) >= 11 is 0. The molecular formula is C22H26N2O3. The predicted molar refractivity (Wildman–Crippen MR) is 106 cm³/mol. The minimum atomic E-state index is -0.918. The SMILES string of the molecule is O=C(O)c1cccc(CNCc2cccc(NC(=O)C3CCCCC3)c2)c1. The van der Waals surface area contributed by atoms with E-state index in [0.29, 0.717) is 18.7 Å². The van der Waals surface area contributed by atoms with Gasteiger partial charge >= 0.3 is 5.97 Å². The van der Waals surface area contributed by atoms with Crippen LogP contribution in [0.15, 0.2) is 48.5 Å². The minimum Gasteiger partial charge on any atom is -0.478 e. The molecule has 1 fully saturated rings. The molecule has 1 amide bonds. The number of hydrogen-bond acceptors (Lipinski definition) is 3. The molecule has 0 spiro atoms. The summed E-state index contributed by atoms with van der Waals surface area (Å²) in [6.45, 7) is 1.23. The number of carboxylic acid groups (broad SMARTS) is 1. The Morgan fingerprint density at radius 3 is 2.30 bits per heavy atom. The number of benzene rings is 2. The van der Waals surface area contributed by atoms with Gasteiger partial charge in [-0.2, -0.15) is 0 Å². The first-order chi connectivity index (χ1) is 13.1. The second-order valence-corrected chi connectivity index (χ2v) is 7.13. The van der Waals surface area contributed by atoms with Crippen molar-refractivity contribution >= 4 is 17.6 Å². The molecule has 1 aliphatic rings. The second-order valence-electron chi connectivity index (χ2n) is 7.13. The van der Waals surface area contributed by atoms with Gasteiger partial charge in [0.15, 0.2) is 0 Å². The van der Waals surface area contributed by atoms with Crippen molar-refractivity contribution in [2.24, 2.45) is 5.92 Å². The number of carbonyl (C=O) groups is 2. The molecule has 0 unspecified atom stereocenters. The first-order valence-electron chi connectivity index (χ1n) is 9.54. The number of carbonyl (C=O) groups excluding carboxylic acids is 1. The van der Waals surface area contributed by atoms with Gasteiger partial charge in [-0.3, -0.25) is 4.79 Å². The van der Waals surface area contributed by atoms with Gasteiger partial charge in [0.2, 0.25) is 5.91 Å². The molecule has 142 valence electrons. The van der Waals surface area contributed by atoms with Gasteiger partial charge in [0.05, 0.1) is 5.56 Å². The average molecular weight is 366 g/mol. The lowest BCUT2D eigenvalue weighted by molar-refractivity contribution is -0.120. The highest BCUT2D eigenvalue weighted by molar-refractivity contribution is 5.92. The van der Waals surface area contributed by atoms with Crippen LogP contribution in [0.2, 0.25) is 0 Å². The molecule has 2 aromatic rings. The predicted octanol–water partition coefficient (Wildman–Crippen LogP) is 4.19. The molecule has 2 aromatic carbocycles.